The van der Waals surface area contributed by atoms with Gasteiger partial charge in [0.1, 0.15) is 0 Å². The Morgan fingerprint density at radius 2 is 1.45 bits per heavy atom. The predicted molar refractivity (Wildman–Crippen MR) is 126 cm³/mol. The van der Waals surface area contributed by atoms with E-state index in [1.807, 2.05) is 6.92 Å². The molecule has 0 aliphatic heterocycles. The molecule has 192 valence electrons. The van der Waals surface area contributed by atoms with Crippen molar-refractivity contribution in [1.82, 2.24) is 0 Å². The lowest BCUT2D eigenvalue weighted by Gasteiger charge is -2.63. The van der Waals surface area contributed by atoms with Gasteiger partial charge in [0, 0.05) is 6.61 Å². The normalized spacial score (nSPS) is 53.6. The summed E-state index contributed by atoms with van der Waals surface area (Å²) in [6.45, 7) is 8.84. The SMILES string of the molecule is CC(CO)CCCC(C)[C@H]1[C@@H](O)[C@H](O)[C@H]2C3C(CC[C@@]21C)[C@@]1(C)CC[C@H](O)C[C@@H]1[C@H](O)[C@H]3O. The molecule has 4 rings (SSSR count). The molecule has 33 heavy (non-hydrogen) atoms. The summed E-state index contributed by atoms with van der Waals surface area (Å²) in [4.78, 5) is 0. The van der Waals surface area contributed by atoms with Crippen molar-refractivity contribution < 1.29 is 30.6 Å². The highest BCUT2D eigenvalue weighted by atomic mass is 16.3. The van der Waals surface area contributed by atoms with E-state index in [0.29, 0.717) is 6.42 Å². The van der Waals surface area contributed by atoms with Crippen LogP contribution in [0.5, 0.6) is 0 Å². The predicted octanol–water partition coefficient (Wildman–Crippen LogP) is 2.32. The Hall–Kier alpha value is -0.240. The summed E-state index contributed by atoms with van der Waals surface area (Å²) in [5, 5.41) is 64.8. The summed E-state index contributed by atoms with van der Waals surface area (Å²) in [6, 6.07) is 0. The minimum atomic E-state index is -0.940. The van der Waals surface area contributed by atoms with Gasteiger partial charge in [-0.2, -0.15) is 0 Å². The molecule has 6 N–H and O–H groups in total. The molecule has 0 radical (unpaired) electrons. The fourth-order valence-corrected chi connectivity index (χ4v) is 9.40. The highest BCUT2D eigenvalue weighted by Crippen LogP contribution is 2.68. The van der Waals surface area contributed by atoms with Crippen molar-refractivity contribution in [2.24, 2.45) is 52.3 Å². The average Bonchev–Trinajstić information content (AvgIpc) is 2.98. The molecule has 0 aromatic heterocycles. The lowest BCUT2D eigenvalue weighted by Crippen LogP contribution is -2.65. The molecular weight excluding hydrogens is 420 g/mol. The van der Waals surface area contributed by atoms with Gasteiger partial charge in [-0.3, -0.25) is 0 Å². The second kappa shape index (κ2) is 9.33. The topological polar surface area (TPSA) is 121 Å². The maximum Gasteiger partial charge on any atom is 0.0839 e. The Bertz CT molecular complexity index is 688. The standard InChI is InChI=1S/C27H48O6/c1-14(13-28)6-5-7-15(2)20-24(32)25(33)21-19-17(9-11-27(20,21)4)26(3)10-8-16(29)12-18(26)22(30)23(19)31/h14-25,28-33H,5-13H2,1-4H3/t14?,15?,16-,17?,18+,19?,20-,21+,22-,23-,24+,25+,26+,27+/m0/s1. The maximum absolute atomic E-state index is 11.4. The molecule has 0 spiro atoms. The molecule has 4 unspecified atom stereocenters. The monoisotopic (exact) mass is 468 g/mol. The summed E-state index contributed by atoms with van der Waals surface area (Å²) in [5.41, 5.74) is -0.460. The van der Waals surface area contributed by atoms with Gasteiger partial charge >= 0.3 is 0 Å². The molecule has 4 fully saturated rings. The Kier molecular flexibility index (Phi) is 7.30. The zero-order valence-corrected chi connectivity index (χ0v) is 21.0. The van der Waals surface area contributed by atoms with Gasteiger partial charge in [0.25, 0.3) is 0 Å². The fourth-order valence-electron chi connectivity index (χ4n) is 9.40. The summed E-state index contributed by atoms with van der Waals surface area (Å²) < 4.78 is 0. The number of fused-ring (bicyclic) bond motifs is 5. The highest BCUT2D eigenvalue weighted by molar-refractivity contribution is 5.17. The van der Waals surface area contributed by atoms with Crippen LogP contribution in [-0.4, -0.2) is 67.8 Å². The number of rotatable bonds is 6. The number of hydrogen-bond donors (Lipinski definition) is 6. The maximum atomic E-state index is 11.4. The van der Waals surface area contributed by atoms with Crippen molar-refractivity contribution in [3.63, 3.8) is 0 Å². The summed E-state index contributed by atoms with van der Waals surface area (Å²) in [7, 11) is 0. The molecule has 0 aromatic rings. The molecule has 0 amide bonds. The molecule has 6 heteroatoms. The van der Waals surface area contributed by atoms with E-state index in [1.54, 1.807) is 0 Å². The van der Waals surface area contributed by atoms with E-state index in [1.165, 1.54) is 0 Å². The summed E-state index contributed by atoms with van der Waals surface area (Å²) >= 11 is 0. The van der Waals surface area contributed by atoms with Gasteiger partial charge in [0.2, 0.25) is 0 Å². The van der Waals surface area contributed by atoms with Crippen LogP contribution in [0.1, 0.15) is 79.1 Å². The minimum Gasteiger partial charge on any atom is -0.396 e. The van der Waals surface area contributed by atoms with Gasteiger partial charge < -0.3 is 30.6 Å². The van der Waals surface area contributed by atoms with E-state index in [0.717, 1.165) is 44.9 Å². The second-order valence-corrected chi connectivity index (χ2v) is 13.0. The molecule has 0 bridgehead atoms. The molecule has 0 aromatic carbocycles. The molecule has 0 heterocycles. The third kappa shape index (κ3) is 4.01. The van der Waals surface area contributed by atoms with E-state index >= 15 is 0 Å². The highest BCUT2D eigenvalue weighted by Gasteiger charge is 2.69. The zero-order valence-electron chi connectivity index (χ0n) is 21.0. The Balaban J connectivity index is 1.60. The number of hydrogen-bond acceptors (Lipinski definition) is 6. The van der Waals surface area contributed by atoms with E-state index in [9.17, 15) is 30.6 Å². The second-order valence-electron chi connectivity index (χ2n) is 13.0. The van der Waals surface area contributed by atoms with Gasteiger partial charge in [-0.05, 0) is 90.8 Å². The van der Waals surface area contributed by atoms with E-state index in [2.05, 4.69) is 20.8 Å². The quantitative estimate of drug-likeness (QED) is 0.356. The van der Waals surface area contributed by atoms with Gasteiger partial charge in [-0.25, -0.2) is 0 Å². The van der Waals surface area contributed by atoms with Crippen molar-refractivity contribution in [1.29, 1.82) is 0 Å². The third-order valence-electron chi connectivity index (χ3n) is 11.2. The van der Waals surface area contributed by atoms with Gasteiger partial charge in [0.15, 0.2) is 0 Å². The van der Waals surface area contributed by atoms with Crippen molar-refractivity contribution in [3.05, 3.63) is 0 Å². The van der Waals surface area contributed by atoms with Crippen LogP contribution in [0, 0.1) is 52.3 Å². The number of aliphatic hydroxyl groups excluding tert-OH is 6. The van der Waals surface area contributed by atoms with Crippen LogP contribution in [0.15, 0.2) is 0 Å². The Labute approximate surface area is 199 Å². The van der Waals surface area contributed by atoms with Crippen molar-refractivity contribution in [3.8, 4) is 0 Å². The minimum absolute atomic E-state index is 0.0501. The van der Waals surface area contributed by atoms with Crippen LogP contribution in [0.2, 0.25) is 0 Å². The summed E-state index contributed by atoms with van der Waals surface area (Å²) in [6.07, 6.45) is 2.78. The van der Waals surface area contributed by atoms with Crippen LogP contribution in [-0.2, 0) is 0 Å². The van der Waals surface area contributed by atoms with E-state index < -0.39 is 30.5 Å². The van der Waals surface area contributed by atoms with Crippen LogP contribution >= 0.6 is 0 Å². The molecule has 4 aliphatic carbocycles. The van der Waals surface area contributed by atoms with E-state index in [4.69, 9.17) is 0 Å². The van der Waals surface area contributed by atoms with E-state index in [-0.39, 0.29) is 58.9 Å². The Morgan fingerprint density at radius 3 is 2.12 bits per heavy atom. The summed E-state index contributed by atoms with van der Waals surface area (Å²) in [5.74, 6) is 0.00526. The lowest BCUT2D eigenvalue weighted by molar-refractivity contribution is -0.230. The van der Waals surface area contributed by atoms with Gasteiger partial charge in [-0.1, -0.05) is 40.5 Å². The third-order valence-corrected chi connectivity index (χ3v) is 11.2. The molecule has 14 atom stereocenters. The fraction of sp³-hybridized carbons (Fsp3) is 1.00. The van der Waals surface area contributed by atoms with Gasteiger partial charge in [-0.15, -0.1) is 0 Å². The lowest BCUT2D eigenvalue weighted by atomic mass is 9.43. The molecule has 0 saturated heterocycles. The molecular formula is C27H48O6. The molecule has 4 saturated carbocycles. The van der Waals surface area contributed by atoms with Crippen molar-refractivity contribution in [2.75, 3.05) is 6.61 Å². The first kappa shape index (κ1) is 25.8. The van der Waals surface area contributed by atoms with Crippen LogP contribution in [0.25, 0.3) is 0 Å². The number of aliphatic hydroxyl groups is 6. The van der Waals surface area contributed by atoms with Crippen molar-refractivity contribution >= 4 is 0 Å². The average molecular weight is 469 g/mol. The smallest absolute Gasteiger partial charge is 0.0839 e. The first-order valence-corrected chi connectivity index (χ1v) is 13.5. The van der Waals surface area contributed by atoms with Crippen LogP contribution in [0.4, 0.5) is 0 Å². The zero-order chi connectivity index (χ0) is 24.3. The van der Waals surface area contributed by atoms with Crippen molar-refractivity contribution in [2.45, 2.75) is 110 Å². The van der Waals surface area contributed by atoms with Crippen LogP contribution < -0.4 is 0 Å². The van der Waals surface area contributed by atoms with Crippen LogP contribution in [0.3, 0.4) is 0 Å². The largest absolute Gasteiger partial charge is 0.396 e. The molecule has 4 aliphatic rings. The van der Waals surface area contributed by atoms with Gasteiger partial charge in [0.05, 0.1) is 30.5 Å². The first-order chi connectivity index (χ1) is 15.5. The molecule has 6 nitrogen and oxygen atoms in total. The first-order valence-electron chi connectivity index (χ1n) is 13.5. The Morgan fingerprint density at radius 1 is 0.788 bits per heavy atom.